The van der Waals surface area contributed by atoms with Gasteiger partial charge in [0.2, 0.25) is 0 Å². The number of aromatic amines is 1. The molecule has 2 N–H and O–H groups in total. The van der Waals surface area contributed by atoms with Crippen molar-refractivity contribution in [3.8, 4) is 0 Å². The zero-order valence-corrected chi connectivity index (χ0v) is 18.9. The number of aromatic nitrogens is 2. The van der Waals surface area contributed by atoms with E-state index in [0.717, 1.165) is 29.0 Å². The number of hydrogen-bond acceptors (Lipinski definition) is 2. The molecular formula is C27H30FN3. The van der Waals surface area contributed by atoms with Crippen molar-refractivity contribution in [2.45, 2.75) is 52.5 Å². The Morgan fingerprint density at radius 2 is 1.65 bits per heavy atom. The molecule has 2 heterocycles. The van der Waals surface area contributed by atoms with Gasteiger partial charge in [-0.25, -0.2) is 4.39 Å². The number of hydrogen-bond donors (Lipinski definition) is 2. The monoisotopic (exact) mass is 415 g/mol. The van der Waals surface area contributed by atoms with E-state index in [1.165, 1.54) is 34.2 Å². The first-order chi connectivity index (χ1) is 14.7. The molecule has 2 aromatic carbocycles. The van der Waals surface area contributed by atoms with Crippen LogP contribution in [0.2, 0.25) is 0 Å². The van der Waals surface area contributed by atoms with Crippen molar-refractivity contribution < 1.29 is 4.39 Å². The van der Waals surface area contributed by atoms with Crippen LogP contribution in [0.5, 0.6) is 0 Å². The largest absolute Gasteiger partial charge is 0.376 e. The second-order valence-electron chi connectivity index (χ2n) is 9.35. The van der Waals surface area contributed by atoms with Gasteiger partial charge in [-0.2, -0.15) is 0 Å². The molecule has 31 heavy (non-hydrogen) atoms. The molecule has 1 unspecified atom stereocenters. The Morgan fingerprint density at radius 1 is 0.968 bits per heavy atom. The molecule has 0 aliphatic rings. The Balaban J connectivity index is 1.73. The van der Waals surface area contributed by atoms with Crippen molar-refractivity contribution in [3.05, 3.63) is 94.7 Å². The van der Waals surface area contributed by atoms with E-state index in [4.69, 9.17) is 4.98 Å². The van der Waals surface area contributed by atoms with Crippen molar-refractivity contribution in [3.63, 3.8) is 0 Å². The average Bonchev–Trinajstić information content (AvgIpc) is 3.03. The van der Waals surface area contributed by atoms with Crippen LogP contribution in [-0.4, -0.2) is 9.97 Å². The predicted molar refractivity (Wildman–Crippen MR) is 127 cm³/mol. The van der Waals surface area contributed by atoms with Crippen molar-refractivity contribution in [2.75, 3.05) is 5.32 Å². The number of nitrogens with zero attached hydrogens (tertiary/aromatic N) is 1. The molecule has 0 saturated carbocycles. The summed E-state index contributed by atoms with van der Waals surface area (Å²) in [6.45, 7) is 10.9. The van der Waals surface area contributed by atoms with Crippen molar-refractivity contribution in [1.29, 1.82) is 0 Å². The number of pyridine rings is 1. The van der Waals surface area contributed by atoms with E-state index in [2.05, 4.69) is 75.3 Å². The third-order valence-electron chi connectivity index (χ3n) is 6.03. The summed E-state index contributed by atoms with van der Waals surface area (Å²) in [6, 6.07) is 17.3. The van der Waals surface area contributed by atoms with Gasteiger partial charge < -0.3 is 10.3 Å². The highest BCUT2D eigenvalue weighted by molar-refractivity contribution is 5.86. The van der Waals surface area contributed by atoms with Gasteiger partial charge in [0.1, 0.15) is 5.82 Å². The number of anilines is 1. The Labute approximate surface area is 183 Å². The lowest BCUT2D eigenvalue weighted by molar-refractivity contribution is 0.589. The molecule has 0 saturated heterocycles. The highest BCUT2D eigenvalue weighted by Crippen LogP contribution is 2.31. The second kappa shape index (κ2) is 8.18. The van der Waals surface area contributed by atoms with Crippen LogP contribution >= 0.6 is 0 Å². The number of nitrogens with one attached hydrogen (secondary N) is 2. The summed E-state index contributed by atoms with van der Waals surface area (Å²) in [5.74, 6) is -0.240. The lowest BCUT2D eigenvalue weighted by atomic mass is 9.86. The van der Waals surface area contributed by atoms with Gasteiger partial charge in [-0.1, -0.05) is 45.0 Å². The van der Waals surface area contributed by atoms with Crippen molar-refractivity contribution >= 4 is 16.6 Å². The minimum Gasteiger partial charge on any atom is -0.376 e. The molecule has 0 fully saturated rings. The van der Waals surface area contributed by atoms with E-state index >= 15 is 0 Å². The van der Waals surface area contributed by atoms with Gasteiger partial charge in [0.25, 0.3) is 0 Å². The fraction of sp³-hybridized carbons (Fsp3) is 0.296. The third-order valence-corrected chi connectivity index (χ3v) is 6.03. The first kappa shape index (κ1) is 21.1. The minimum absolute atomic E-state index is 0.0629. The predicted octanol–water partition coefficient (Wildman–Crippen LogP) is 7.01. The second-order valence-corrected chi connectivity index (χ2v) is 9.35. The Hall–Kier alpha value is -3.14. The molecule has 0 radical (unpaired) electrons. The van der Waals surface area contributed by atoms with Crippen LogP contribution in [0.25, 0.3) is 10.9 Å². The SMILES string of the molecule is Cc1[nH]c2c(C(Cc3ccc(C(C)(C)C)cc3)Nc3ccc(F)cc3)nccc2c1C. The number of benzene rings is 2. The maximum atomic E-state index is 13.4. The fourth-order valence-corrected chi connectivity index (χ4v) is 4.01. The standard InChI is InChI=1S/C27H30FN3/c1-17-18(2)30-25-23(17)14-15-29-26(25)24(31-22-12-10-21(28)11-13-22)16-19-6-8-20(9-7-19)27(3,4)5/h6-15,24,30-31H,16H2,1-5H3. The van der Waals surface area contributed by atoms with Gasteiger partial charge in [-0.3, -0.25) is 4.98 Å². The zero-order chi connectivity index (χ0) is 22.2. The number of halogens is 1. The van der Waals surface area contributed by atoms with E-state index in [-0.39, 0.29) is 17.3 Å². The molecule has 0 aliphatic carbocycles. The molecular weight excluding hydrogens is 385 g/mol. The summed E-state index contributed by atoms with van der Waals surface area (Å²) in [4.78, 5) is 8.28. The van der Waals surface area contributed by atoms with E-state index in [1.807, 2.05) is 6.20 Å². The molecule has 1 atom stereocenters. The van der Waals surface area contributed by atoms with Crippen molar-refractivity contribution in [1.82, 2.24) is 9.97 Å². The Morgan fingerprint density at radius 3 is 2.29 bits per heavy atom. The molecule has 4 rings (SSSR count). The molecule has 0 spiro atoms. The van der Waals surface area contributed by atoms with E-state index in [0.29, 0.717) is 0 Å². The molecule has 4 aromatic rings. The maximum absolute atomic E-state index is 13.4. The molecule has 160 valence electrons. The van der Waals surface area contributed by atoms with Gasteiger partial charge in [0, 0.05) is 23.0 Å². The minimum atomic E-state index is -0.240. The highest BCUT2D eigenvalue weighted by atomic mass is 19.1. The fourth-order valence-electron chi connectivity index (χ4n) is 4.01. The van der Waals surface area contributed by atoms with Crippen LogP contribution in [0, 0.1) is 19.7 Å². The van der Waals surface area contributed by atoms with Crippen molar-refractivity contribution in [2.24, 2.45) is 0 Å². The Kier molecular flexibility index (Phi) is 5.57. The number of rotatable bonds is 5. The third kappa shape index (κ3) is 4.48. The lowest BCUT2D eigenvalue weighted by Crippen LogP contribution is -2.16. The quantitative estimate of drug-likeness (QED) is 0.368. The van der Waals surface area contributed by atoms with Gasteiger partial charge >= 0.3 is 0 Å². The molecule has 0 aliphatic heterocycles. The lowest BCUT2D eigenvalue weighted by Gasteiger charge is -2.22. The molecule has 0 amide bonds. The summed E-state index contributed by atoms with van der Waals surface area (Å²) in [5.41, 5.74) is 7.96. The molecule has 2 aromatic heterocycles. The zero-order valence-electron chi connectivity index (χ0n) is 18.9. The van der Waals surface area contributed by atoms with E-state index < -0.39 is 0 Å². The van der Waals surface area contributed by atoms with Crippen LogP contribution in [0.1, 0.15) is 54.9 Å². The first-order valence-electron chi connectivity index (χ1n) is 10.8. The van der Waals surface area contributed by atoms with Crippen LogP contribution in [-0.2, 0) is 11.8 Å². The summed E-state index contributed by atoms with van der Waals surface area (Å²) in [5, 5.41) is 4.78. The first-order valence-corrected chi connectivity index (χ1v) is 10.8. The van der Waals surface area contributed by atoms with E-state index in [9.17, 15) is 4.39 Å². The average molecular weight is 416 g/mol. The number of fused-ring (bicyclic) bond motifs is 1. The molecule has 4 heteroatoms. The number of aryl methyl sites for hydroxylation is 2. The van der Waals surface area contributed by atoms with Gasteiger partial charge in [0.05, 0.1) is 17.3 Å². The summed E-state index contributed by atoms with van der Waals surface area (Å²) < 4.78 is 13.4. The normalized spacial score (nSPS) is 12.8. The van der Waals surface area contributed by atoms with Crippen LogP contribution in [0.4, 0.5) is 10.1 Å². The topological polar surface area (TPSA) is 40.7 Å². The van der Waals surface area contributed by atoms with Crippen LogP contribution < -0.4 is 5.32 Å². The maximum Gasteiger partial charge on any atom is 0.123 e. The van der Waals surface area contributed by atoms with Crippen LogP contribution in [0.3, 0.4) is 0 Å². The van der Waals surface area contributed by atoms with E-state index in [1.54, 1.807) is 12.1 Å². The van der Waals surface area contributed by atoms with Gasteiger partial charge in [-0.15, -0.1) is 0 Å². The summed E-state index contributed by atoms with van der Waals surface area (Å²) in [6.07, 6.45) is 2.64. The molecule has 3 nitrogen and oxygen atoms in total. The smallest absolute Gasteiger partial charge is 0.123 e. The summed E-state index contributed by atoms with van der Waals surface area (Å²) >= 11 is 0. The highest BCUT2D eigenvalue weighted by Gasteiger charge is 2.20. The molecule has 0 bridgehead atoms. The van der Waals surface area contributed by atoms with Gasteiger partial charge in [-0.05, 0) is 72.7 Å². The van der Waals surface area contributed by atoms with Gasteiger partial charge in [0.15, 0.2) is 0 Å². The van der Waals surface area contributed by atoms with Crippen LogP contribution in [0.15, 0.2) is 60.8 Å². The number of H-pyrrole nitrogens is 1. The Bertz CT molecular complexity index is 1180. The summed E-state index contributed by atoms with van der Waals surface area (Å²) in [7, 11) is 0.